The van der Waals surface area contributed by atoms with Crippen LogP contribution in [-0.2, 0) is 6.54 Å². The Hall–Kier alpha value is -0.480. The van der Waals surface area contributed by atoms with Gasteiger partial charge in [-0.05, 0) is 17.5 Å². The minimum Gasteiger partial charge on any atom is -0.353 e. The summed E-state index contributed by atoms with van der Waals surface area (Å²) in [6.07, 6.45) is 0. The first kappa shape index (κ1) is 13.0. The molecule has 0 aliphatic heterocycles. The average molecular weight is 308 g/mol. The Balaban J connectivity index is 2.24. The second-order valence-electron chi connectivity index (χ2n) is 3.50. The van der Waals surface area contributed by atoms with Crippen LogP contribution in [0.25, 0.3) is 0 Å². The number of hydrogen-bond acceptors (Lipinski definition) is 3. The lowest BCUT2D eigenvalue weighted by atomic mass is 10.4. The molecular weight excluding hydrogens is 299 g/mol. The second-order valence-corrected chi connectivity index (χ2v) is 5.71. The second kappa shape index (κ2) is 5.44. The molecule has 2 aromatic rings. The molecule has 0 bridgehead atoms. The van der Waals surface area contributed by atoms with Crippen molar-refractivity contribution >= 4 is 52.0 Å². The number of pyridine rings is 1. The van der Waals surface area contributed by atoms with Gasteiger partial charge in [0.1, 0.15) is 11.0 Å². The van der Waals surface area contributed by atoms with Crippen LogP contribution in [0.3, 0.4) is 0 Å². The minimum absolute atomic E-state index is 0.268. The molecule has 0 saturated carbocycles. The number of anilines is 1. The van der Waals surface area contributed by atoms with Crippen LogP contribution in [0, 0.1) is 0 Å². The Bertz CT molecular complexity index is 514. The fourth-order valence-electron chi connectivity index (χ4n) is 1.41. The van der Waals surface area contributed by atoms with Crippen molar-refractivity contribution in [2.24, 2.45) is 0 Å². The third-order valence-corrected chi connectivity index (χ3v) is 4.02. The molecule has 0 aliphatic rings. The van der Waals surface area contributed by atoms with Gasteiger partial charge < -0.3 is 4.90 Å². The maximum atomic E-state index is 6.09. The number of hydrogen-bond donors (Lipinski definition) is 0. The van der Waals surface area contributed by atoms with Crippen molar-refractivity contribution in [1.29, 1.82) is 0 Å². The van der Waals surface area contributed by atoms with Gasteiger partial charge in [0.2, 0.25) is 0 Å². The minimum atomic E-state index is 0.268. The molecule has 0 amide bonds. The number of aromatic nitrogens is 1. The first-order chi connectivity index (χ1) is 8.08. The summed E-state index contributed by atoms with van der Waals surface area (Å²) in [5.74, 6) is 0.634. The molecule has 2 aromatic heterocycles. The van der Waals surface area contributed by atoms with Crippen molar-refractivity contribution in [2.75, 3.05) is 11.9 Å². The van der Waals surface area contributed by atoms with Crippen LogP contribution in [0.5, 0.6) is 0 Å². The summed E-state index contributed by atoms with van der Waals surface area (Å²) < 4.78 is 0. The normalized spacial score (nSPS) is 10.6. The number of thiophene rings is 1. The van der Waals surface area contributed by atoms with Gasteiger partial charge in [-0.15, -0.1) is 11.3 Å². The van der Waals surface area contributed by atoms with Gasteiger partial charge in [-0.3, -0.25) is 0 Å². The molecule has 0 aromatic carbocycles. The van der Waals surface area contributed by atoms with Crippen LogP contribution in [0.2, 0.25) is 15.2 Å². The van der Waals surface area contributed by atoms with E-state index in [-0.39, 0.29) is 5.15 Å². The number of nitrogens with zero attached hydrogens (tertiary/aromatic N) is 2. The predicted octanol–water partition coefficient (Wildman–Crippen LogP) is 4.74. The zero-order chi connectivity index (χ0) is 12.4. The highest BCUT2D eigenvalue weighted by Gasteiger charge is 2.12. The third-order valence-electron chi connectivity index (χ3n) is 2.20. The van der Waals surface area contributed by atoms with Gasteiger partial charge in [-0.1, -0.05) is 40.9 Å². The quantitative estimate of drug-likeness (QED) is 0.761. The van der Waals surface area contributed by atoms with E-state index in [4.69, 9.17) is 34.8 Å². The highest BCUT2D eigenvalue weighted by atomic mass is 35.5. The van der Waals surface area contributed by atoms with Crippen molar-refractivity contribution in [2.45, 2.75) is 6.54 Å². The Morgan fingerprint density at radius 3 is 2.71 bits per heavy atom. The van der Waals surface area contributed by atoms with E-state index in [0.717, 1.165) is 6.54 Å². The van der Waals surface area contributed by atoms with Crippen LogP contribution < -0.4 is 4.90 Å². The Kier molecular flexibility index (Phi) is 4.15. The maximum absolute atomic E-state index is 6.09. The number of halogens is 3. The zero-order valence-electron chi connectivity index (χ0n) is 8.95. The largest absolute Gasteiger partial charge is 0.353 e. The lowest BCUT2D eigenvalue weighted by Gasteiger charge is -2.19. The van der Waals surface area contributed by atoms with Gasteiger partial charge in [0, 0.05) is 11.9 Å². The van der Waals surface area contributed by atoms with E-state index >= 15 is 0 Å². The summed E-state index contributed by atoms with van der Waals surface area (Å²) in [6, 6.07) is 5.68. The van der Waals surface area contributed by atoms with Crippen LogP contribution >= 0.6 is 46.1 Å². The molecule has 2 nitrogen and oxygen atoms in total. The molecule has 0 spiro atoms. The van der Waals surface area contributed by atoms with E-state index in [2.05, 4.69) is 11.1 Å². The molecule has 0 atom stereocenters. The van der Waals surface area contributed by atoms with Crippen LogP contribution in [-0.4, -0.2) is 12.0 Å². The summed E-state index contributed by atoms with van der Waals surface area (Å²) >= 11 is 19.5. The first-order valence-electron chi connectivity index (χ1n) is 4.83. The summed E-state index contributed by atoms with van der Waals surface area (Å²) in [6.45, 7) is 0.738. The fraction of sp³-hybridized carbons (Fsp3) is 0.182. The Morgan fingerprint density at radius 1 is 1.29 bits per heavy atom. The first-order valence-corrected chi connectivity index (χ1v) is 6.84. The van der Waals surface area contributed by atoms with E-state index in [9.17, 15) is 0 Å². The van der Waals surface area contributed by atoms with E-state index in [1.54, 1.807) is 17.4 Å². The van der Waals surface area contributed by atoms with Crippen molar-refractivity contribution < 1.29 is 0 Å². The molecule has 2 heterocycles. The van der Waals surface area contributed by atoms with Gasteiger partial charge in [0.05, 0.1) is 16.6 Å². The van der Waals surface area contributed by atoms with Gasteiger partial charge in [-0.2, -0.15) is 0 Å². The smallest absolute Gasteiger partial charge is 0.150 e. The van der Waals surface area contributed by atoms with Crippen LogP contribution in [0.4, 0.5) is 5.82 Å². The monoisotopic (exact) mass is 306 g/mol. The highest BCUT2D eigenvalue weighted by molar-refractivity contribution is 7.09. The molecule has 17 heavy (non-hydrogen) atoms. The third kappa shape index (κ3) is 3.05. The zero-order valence-corrected chi connectivity index (χ0v) is 12.0. The SMILES string of the molecule is CN(Cc1cccs1)c1nc(Cl)c(Cl)cc1Cl. The summed E-state index contributed by atoms with van der Waals surface area (Å²) in [5.41, 5.74) is 0. The van der Waals surface area contributed by atoms with Crippen molar-refractivity contribution in [3.8, 4) is 0 Å². The Morgan fingerprint density at radius 2 is 2.06 bits per heavy atom. The molecule has 0 unspecified atom stereocenters. The van der Waals surface area contributed by atoms with E-state index < -0.39 is 0 Å². The molecule has 90 valence electrons. The molecule has 0 radical (unpaired) electrons. The number of rotatable bonds is 3. The molecule has 0 fully saturated rings. The van der Waals surface area contributed by atoms with Gasteiger partial charge in [0.25, 0.3) is 0 Å². The average Bonchev–Trinajstić information content (AvgIpc) is 2.76. The van der Waals surface area contributed by atoms with Crippen LogP contribution in [0.15, 0.2) is 23.6 Å². The van der Waals surface area contributed by atoms with Crippen molar-refractivity contribution in [1.82, 2.24) is 4.98 Å². The van der Waals surface area contributed by atoms with Gasteiger partial charge in [-0.25, -0.2) is 4.98 Å². The van der Waals surface area contributed by atoms with E-state index in [0.29, 0.717) is 15.9 Å². The lowest BCUT2D eigenvalue weighted by Crippen LogP contribution is -2.17. The molecule has 2 rings (SSSR count). The topological polar surface area (TPSA) is 16.1 Å². The summed E-state index contributed by atoms with van der Waals surface area (Å²) in [5, 5.41) is 3.17. The maximum Gasteiger partial charge on any atom is 0.150 e. The summed E-state index contributed by atoms with van der Waals surface area (Å²) in [4.78, 5) is 7.36. The standard InChI is InChI=1S/C11H9Cl3N2S/c1-16(6-7-3-2-4-17-7)11-9(13)5-8(12)10(14)15-11/h2-5H,6H2,1H3. The van der Waals surface area contributed by atoms with E-state index in [1.165, 1.54) is 4.88 Å². The van der Waals surface area contributed by atoms with Gasteiger partial charge in [0.15, 0.2) is 0 Å². The summed E-state index contributed by atoms with van der Waals surface area (Å²) in [7, 11) is 1.91. The molecule has 0 N–H and O–H groups in total. The van der Waals surface area contributed by atoms with Crippen LogP contribution in [0.1, 0.15) is 4.88 Å². The van der Waals surface area contributed by atoms with E-state index in [1.807, 2.05) is 23.4 Å². The molecule has 0 aliphatic carbocycles. The fourth-order valence-corrected chi connectivity index (χ4v) is 2.81. The highest BCUT2D eigenvalue weighted by Crippen LogP contribution is 2.31. The lowest BCUT2D eigenvalue weighted by molar-refractivity contribution is 0.913. The predicted molar refractivity (Wildman–Crippen MR) is 75.7 cm³/mol. The van der Waals surface area contributed by atoms with Gasteiger partial charge >= 0.3 is 0 Å². The Labute approximate surface area is 119 Å². The molecule has 0 saturated heterocycles. The molecule has 6 heteroatoms. The van der Waals surface area contributed by atoms with Crippen molar-refractivity contribution in [3.63, 3.8) is 0 Å². The molecular formula is C11H9Cl3N2S. The van der Waals surface area contributed by atoms with Crippen molar-refractivity contribution in [3.05, 3.63) is 43.7 Å².